The number of hydrogen-bond acceptors (Lipinski definition) is 3. The summed E-state index contributed by atoms with van der Waals surface area (Å²) in [5.41, 5.74) is 4.40. The lowest BCUT2D eigenvalue weighted by molar-refractivity contribution is -0.120. The molecule has 5 nitrogen and oxygen atoms in total. The summed E-state index contributed by atoms with van der Waals surface area (Å²) in [7, 11) is 0. The molecule has 162 valence electrons. The molecule has 0 aliphatic carbocycles. The lowest BCUT2D eigenvalue weighted by Crippen LogP contribution is -2.25. The van der Waals surface area contributed by atoms with E-state index in [-0.39, 0.29) is 24.8 Å². The van der Waals surface area contributed by atoms with Crippen molar-refractivity contribution in [2.24, 2.45) is 0 Å². The first-order valence-corrected chi connectivity index (χ1v) is 10.7. The zero-order valence-electron chi connectivity index (χ0n) is 17.6. The molecule has 1 amide bonds. The molecule has 1 heterocycles. The summed E-state index contributed by atoms with van der Waals surface area (Å²) in [6, 6.07) is 21.9. The number of aromatic nitrogens is 1. The van der Waals surface area contributed by atoms with Gasteiger partial charge in [0.1, 0.15) is 0 Å². The number of rotatable bonds is 6. The van der Waals surface area contributed by atoms with Crippen LogP contribution in [0, 0.1) is 6.92 Å². The summed E-state index contributed by atoms with van der Waals surface area (Å²) in [5, 5.41) is 13.9. The van der Waals surface area contributed by atoms with Crippen LogP contribution in [-0.2, 0) is 24.4 Å². The number of amides is 1. The first-order chi connectivity index (χ1) is 15.5. The zero-order valence-corrected chi connectivity index (χ0v) is 18.4. The van der Waals surface area contributed by atoms with Crippen LogP contribution in [0.25, 0.3) is 10.9 Å². The monoisotopic (exact) mass is 446 g/mol. The molecule has 0 bridgehead atoms. The Balaban J connectivity index is 1.69. The fourth-order valence-corrected chi connectivity index (χ4v) is 3.98. The number of halogens is 1. The fraction of sp³-hybridized carbons (Fsp3) is 0.154. The highest BCUT2D eigenvalue weighted by Gasteiger charge is 2.21. The Kier molecular flexibility index (Phi) is 6.40. The number of benzene rings is 3. The van der Waals surface area contributed by atoms with Gasteiger partial charge in [-0.25, -0.2) is 0 Å². The van der Waals surface area contributed by atoms with Crippen molar-refractivity contribution in [1.29, 1.82) is 0 Å². The maximum Gasteiger partial charge on any atom is 0.262 e. The van der Waals surface area contributed by atoms with Crippen molar-refractivity contribution in [3.63, 3.8) is 0 Å². The van der Waals surface area contributed by atoms with Crippen molar-refractivity contribution in [3.05, 3.63) is 106 Å². The first kappa shape index (κ1) is 21.8. The molecular formula is C26H23ClN2O3. The second-order valence-corrected chi connectivity index (χ2v) is 8.10. The van der Waals surface area contributed by atoms with Crippen molar-refractivity contribution in [1.82, 2.24) is 9.88 Å². The Morgan fingerprint density at radius 2 is 1.69 bits per heavy atom. The van der Waals surface area contributed by atoms with Gasteiger partial charge in [0, 0.05) is 28.2 Å². The number of fused-ring (bicyclic) bond motifs is 1. The molecule has 0 fully saturated rings. The van der Waals surface area contributed by atoms with Crippen molar-refractivity contribution < 1.29 is 14.7 Å². The number of nitrogens with one attached hydrogen (secondary N) is 1. The van der Waals surface area contributed by atoms with E-state index >= 15 is 0 Å². The van der Waals surface area contributed by atoms with Gasteiger partial charge in [-0.2, -0.15) is 0 Å². The summed E-state index contributed by atoms with van der Waals surface area (Å²) in [6.07, 6.45) is 0.130. The van der Waals surface area contributed by atoms with Gasteiger partial charge in [0.15, 0.2) is 0 Å². The molecule has 0 unspecified atom stereocenters. The van der Waals surface area contributed by atoms with Crippen LogP contribution in [0.15, 0.2) is 72.8 Å². The average molecular weight is 447 g/mol. The van der Waals surface area contributed by atoms with Crippen LogP contribution in [0.4, 0.5) is 0 Å². The number of aliphatic hydroxyl groups is 1. The average Bonchev–Trinajstić information content (AvgIpc) is 3.08. The van der Waals surface area contributed by atoms with Crippen LogP contribution in [0.2, 0.25) is 5.02 Å². The van der Waals surface area contributed by atoms with E-state index < -0.39 is 0 Å². The molecule has 1 aromatic heterocycles. The van der Waals surface area contributed by atoms with Crippen LogP contribution in [0.5, 0.6) is 0 Å². The highest BCUT2D eigenvalue weighted by atomic mass is 35.5. The van der Waals surface area contributed by atoms with Gasteiger partial charge in [-0.3, -0.25) is 14.2 Å². The van der Waals surface area contributed by atoms with Gasteiger partial charge in [-0.1, -0.05) is 48.0 Å². The molecule has 3 aromatic carbocycles. The minimum absolute atomic E-state index is 0.120. The summed E-state index contributed by atoms with van der Waals surface area (Å²) < 4.78 is 1.62. The quantitative estimate of drug-likeness (QED) is 0.453. The lowest BCUT2D eigenvalue weighted by Gasteiger charge is -2.08. The standard InChI is InChI=1S/C26H23ClN2O3/c1-17-22(14-25(31)28-15-18-5-3-2-4-6-18)23-13-19(16-30)7-12-24(23)29(17)26(32)20-8-10-21(27)11-9-20/h2-13,30H,14-16H2,1H3,(H,28,31). The second kappa shape index (κ2) is 9.39. The van der Waals surface area contributed by atoms with Crippen LogP contribution < -0.4 is 5.32 Å². The molecule has 0 saturated heterocycles. The largest absolute Gasteiger partial charge is 0.392 e. The predicted molar refractivity (Wildman–Crippen MR) is 126 cm³/mol. The minimum Gasteiger partial charge on any atom is -0.392 e. The summed E-state index contributed by atoms with van der Waals surface area (Å²) in [6.45, 7) is 2.15. The van der Waals surface area contributed by atoms with E-state index in [2.05, 4.69) is 5.32 Å². The fourth-order valence-electron chi connectivity index (χ4n) is 3.85. The molecule has 6 heteroatoms. The van der Waals surface area contributed by atoms with E-state index in [0.717, 1.165) is 22.1 Å². The van der Waals surface area contributed by atoms with Gasteiger partial charge in [-0.05, 0) is 60.0 Å². The molecule has 0 atom stereocenters. The topological polar surface area (TPSA) is 71.3 Å². The van der Waals surface area contributed by atoms with E-state index in [1.807, 2.05) is 49.4 Å². The summed E-state index contributed by atoms with van der Waals surface area (Å²) >= 11 is 5.97. The van der Waals surface area contributed by atoms with Crippen LogP contribution >= 0.6 is 11.6 Å². The number of carbonyl (C=O) groups is 2. The Morgan fingerprint density at radius 1 is 0.969 bits per heavy atom. The van der Waals surface area contributed by atoms with Crippen molar-refractivity contribution in [2.75, 3.05) is 0 Å². The molecule has 32 heavy (non-hydrogen) atoms. The van der Waals surface area contributed by atoms with Gasteiger partial charge in [0.25, 0.3) is 5.91 Å². The molecule has 0 spiro atoms. The Bertz CT molecular complexity index is 1280. The van der Waals surface area contributed by atoms with Crippen molar-refractivity contribution in [3.8, 4) is 0 Å². The van der Waals surface area contributed by atoms with Crippen molar-refractivity contribution in [2.45, 2.75) is 26.5 Å². The minimum atomic E-state index is -0.197. The summed E-state index contributed by atoms with van der Waals surface area (Å²) in [5.74, 6) is -0.332. The third-order valence-corrected chi connectivity index (χ3v) is 5.80. The number of aliphatic hydroxyl groups excluding tert-OH is 1. The molecule has 0 radical (unpaired) electrons. The van der Waals surface area contributed by atoms with E-state index in [1.54, 1.807) is 34.9 Å². The molecule has 2 N–H and O–H groups in total. The molecule has 0 aliphatic rings. The molecular weight excluding hydrogens is 424 g/mol. The molecule has 4 rings (SSSR count). The number of nitrogens with zero attached hydrogens (tertiary/aromatic N) is 1. The number of hydrogen-bond donors (Lipinski definition) is 2. The van der Waals surface area contributed by atoms with Crippen LogP contribution in [-0.4, -0.2) is 21.5 Å². The highest BCUT2D eigenvalue weighted by Crippen LogP contribution is 2.29. The van der Waals surface area contributed by atoms with E-state index in [1.165, 1.54) is 0 Å². The van der Waals surface area contributed by atoms with E-state index in [0.29, 0.717) is 28.3 Å². The maximum atomic E-state index is 13.3. The molecule has 0 saturated carbocycles. The van der Waals surface area contributed by atoms with Gasteiger partial charge in [-0.15, -0.1) is 0 Å². The normalized spacial score (nSPS) is 11.0. The Labute approximate surface area is 191 Å². The molecule has 0 aliphatic heterocycles. The Hall–Kier alpha value is -3.41. The van der Waals surface area contributed by atoms with Crippen LogP contribution in [0.1, 0.15) is 32.7 Å². The highest BCUT2D eigenvalue weighted by molar-refractivity contribution is 6.30. The third-order valence-electron chi connectivity index (χ3n) is 5.55. The van der Waals surface area contributed by atoms with Crippen molar-refractivity contribution >= 4 is 34.3 Å². The van der Waals surface area contributed by atoms with E-state index in [4.69, 9.17) is 11.6 Å². The first-order valence-electron chi connectivity index (χ1n) is 10.3. The lowest BCUT2D eigenvalue weighted by atomic mass is 10.1. The van der Waals surface area contributed by atoms with Crippen LogP contribution in [0.3, 0.4) is 0 Å². The maximum absolute atomic E-state index is 13.3. The molecule has 4 aromatic rings. The second-order valence-electron chi connectivity index (χ2n) is 7.66. The smallest absolute Gasteiger partial charge is 0.262 e. The van der Waals surface area contributed by atoms with Gasteiger partial charge < -0.3 is 10.4 Å². The number of carbonyl (C=O) groups excluding carboxylic acids is 2. The predicted octanol–water partition coefficient (Wildman–Crippen LogP) is 4.64. The SMILES string of the molecule is Cc1c(CC(=O)NCc2ccccc2)c2cc(CO)ccc2n1C(=O)c1ccc(Cl)cc1. The third kappa shape index (κ3) is 4.44. The zero-order chi connectivity index (χ0) is 22.7. The van der Waals surface area contributed by atoms with Gasteiger partial charge >= 0.3 is 0 Å². The summed E-state index contributed by atoms with van der Waals surface area (Å²) in [4.78, 5) is 26.1. The van der Waals surface area contributed by atoms with Gasteiger partial charge in [0.2, 0.25) is 5.91 Å². The van der Waals surface area contributed by atoms with Gasteiger partial charge in [0.05, 0.1) is 18.5 Å². The Morgan fingerprint density at radius 3 is 2.38 bits per heavy atom. The van der Waals surface area contributed by atoms with E-state index in [9.17, 15) is 14.7 Å².